The minimum absolute atomic E-state index is 0.0976. The van der Waals surface area contributed by atoms with Crippen molar-refractivity contribution in [3.8, 4) is 0 Å². The number of ether oxygens (including phenoxy) is 2. The van der Waals surface area contributed by atoms with Crippen molar-refractivity contribution in [2.24, 2.45) is 0 Å². The third-order valence-corrected chi connectivity index (χ3v) is 3.30. The van der Waals surface area contributed by atoms with Crippen molar-refractivity contribution in [3.63, 3.8) is 0 Å². The molecule has 1 fully saturated rings. The summed E-state index contributed by atoms with van der Waals surface area (Å²) in [5, 5.41) is 29.3. The van der Waals surface area contributed by atoms with Gasteiger partial charge in [0.05, 0.1) is 6.61 Å². The SMILES string of the molecule is Cc1cc(=O)[nH]c(=O)n1[C@@H]1O[C@H](CO)[C@@H](O)[C@]1(O)OCF. The number of hydrogen-bond acceptors (Lipinski definition) is 7. The molecule has 1 saturated heterocycles. The second-order valence-electron chi connectivity index (χ2n) is 4.61. The molecule has 118 valence electrons. The van der Waals surface area contributed by atoms with Crippen LogP contribution in [0.4, 0.5) is 4.39 Å². The number of rotatable bonds is 4. The molecule has 4 N–H and O–H groups in total. The minimum atomic E-state index is -2.59. The summed E-state index contributed by atoms with van der Waals surface area (Å²) >= 11 is 0. The van der Waals surface area contributed by atoms with Gasteiger partial charge >= 0.3 is 5.69 Å². The van der Waals surface area contributed by atoms with E-state index in [9.17, 15) is 24.2 Å². The third-order valence-electron chi connectivity index (χ3n) is 3.30. The van der Waals surface area contributed by atoms with E-state index in [2.05, 4.69) is 4.74 Å². The smallest absolute Gasteiger partial charge is 0.330 e. The molecule has 0 saturated carbocycles. The Hall–Kier alpha value is -1.59. The van der Waals surface area contributed by atoms with Crippen LogP contribution in [0.2, 0.25) is 0 Å². The molecule has 0 aromatic carbocycles. The van der Waals surface area contributed by atoms with E-state index in [-0.39, 0.29) is 5.69 Å². The number of H-pyrrole nitrogens is 1. The molecule has 1 aliphatic rings. The molecule has 2 rings (SSSR count). The number of hydrogen-bond donors (Lipinski definition) is 4. The highest BCUT2D eigenvalue weighted by Crippen LogP contribution is 2.39. The van der Waals surface area contributed by atoms with Crippen LogP contribution in [-0.4, -0.2) is 56.3 Å². The topological polar surface area (TPSA) is 134 Å². The Morgan fingerprint density at radius 1 is 1.57 bits per heavy atom. The van der Waals surface area contributed by atoms with E-state index in [4.69, 9.17) is 9.84 Å². The molecule has 1 aromatic rings. The lowest BCUT2D eigenvalue weighted by Gasteiger charge is -2.30. The maximum Gasteiger partial charge on any atom is 0.330 e. The molecular formula is C11H15FN2O7. The molecule has 9 nitrogen and oxygen atoms in total. The van der Waals surface area contributed by atoms with Crippen LogP contribution in [0.25, 0.3) is 0 Å². The second-order valence-corrected chi connectivity index (χ2v) is 4.61. The van der Waals surface area contributed by atoms with Gasteiger partial charge in [-0.2, -0.15) is 0 Å². The van der Waals surface area contributed by atoms with Gasteiger partial charge in [-0.15, -0.1) is 0 Å². The quantitative estimate of drug-likeness (QED) is 0.461. The summed E-state index contributed by atoms with van der Waals surface area (Å²) in [6.45, 7) is -0.760. The van der Waals surface area contributed by atoms with Crippen LogP contribution < -0.4 is 11.2 Å². The van der Waals surface area contributed by atoms with Gasteiger partial charge in [-0.25, -0.2) is 9.18 Å². The molecule has 0 radical (unpaired) electrons. The fourth-order valence-electron chi connectivity index (χ4n) is 2.30. The molecule has 0 amide bonds. The van der Waals surface area contributed by atoms with E-state index in [1.165, 1.54) is 6.92 Å². The lowest BCUT2D eigenvalue weighted by Crippen LogP contribution is -2.51. The van der Waals surface area contributed by atoms with Gasteiger partial charge < -0.3 is 24.8 Å². The van der Waals surface area contributed by atoms with E-state index >= 15 is 0 Å². The van der Waals surface area contributed by atoms with E-state index in [1.54, 1.807) is 0 Å². The standard InChI is InChI=1S/C11H15FN2O7/c1-5-2-7(16)13-10(18)14(5)9-11(19,20-4-12)8(17)6(3-15)21-9/h2,6,8-9,15,17,19H,3-4H2,1H3,(H,13,16,18)/t6-,8-,9-,11+/m1/s1. The Bertz CT molecular complexity index is 630. The maximum absolute atomic E-state index is 12.5. The van der Waals surface area contributed by atoms with Crippen LogP contribution in [0.3, 0.4) is 0 Å². The zero-order chi connectivity index (χ0) is 15.8. The molecule has 1 aromatic heterocycles. The number of aromatic amines is 1. The van der Waals surface area contributed by atoms with E-state index in [0.29, 0.717) is 0 Å². The third kappa shape index (κ3) is 2.51. The average molecular weight is 306 g/mol. The highest BCUT2D eigenvalue weighted by molar-refractivity contribution is 5.04. The van der Waals surface area contributed by atoms with Gasteiger partial charge in [0.1, 0.15) is 12.2 Å². The largest absolute Gasteiger partial charge is 0.394 e. The second kappa shape index (κ2) is 5.66. The highest BCUT2D eigenvalue weighted by atomic mass is 19.1. The molecule has 21 heavy (non-hydrogen) atoms. The number of aryl methyl sites for hydroxylation is 1. The number of aliphatic hydroxyl groups excluding tert-OH is 2. The predicted molar refractivity (Wildman–Crippen MR) is 65.1 cm³/mol. The minimum Gasteiger partial charge on any atom is -0.394 e. The number of nitrogens with one attached hydrogen (secondary N) is 1. The summed E-state index contributed by atoms with van der Waals surface area (Å²) in [7, 11) is 0. The maximum atomic E-state index is 12.5. The first-order chi connectivity index (χ1) is 9.85. The number of aromatic nitrogens is 2. The zero-order valence-corrected chi connectivity index (χ0v) is 11.0. The van der Waals surface area contributed by atoms with Crippen molar-refractivity contribution < 1.29 is 29.2 Å². The van der Waals surface area contributed by atoms with Crippen molar-refractivity contribution in [2.45, 2.75) is 31.1 Å². The Morgan fingerprint density at radius 3 is 2.76 bits per heavy atom. The molecule has 10 heteroatoms. The van der Waals surface area contributed by atoms with Crippen molar-refractivity contribution in [1.82, 2.24) is 9.55 Å². The molecule has 2 heterocycles. The summed E-state index contributed by atoms with van der Waals surface area (Å²) in [4.78, 5) is 25.0. The predicted octanol–water partition coefficient (Wildman–Crippen LogP) is -2.27. The highest BCUT2D eigenvalue weighted by Gasteiger charge is 2.58. The number of alkyl halides is 1. The van der Waals surface area contributed by atoms with Crippen LogP contribution >= 0.6 is 0 Å². The summed E-state index contributed by atoms with van der Waals surface area (Å²) in [6, 6.07) is 1.05. The number of nitrogens with zero attached hydrogens (tertiary/aromatic N) is 1. The Labute approximate surface area is 117 Å². The van der Waals surface area contributed by atoms with Gasteiger partial charge in [-0.3, -0.25) is 14.3 Å². The molecular weight excluding hydrogens is 291 g/mol. The normalized spacial score (nSPS) is 32.5. The Morgan fingerprint density at radius 2 is 2.24 bits per heavy atom. The lowest BCUT2D eigenvalue weighted by molar-refractivity contribution is -0.291. The van der Waals surface area contributed by atoms with Crippen LogP contribution in [-0.2, 0) is 9.47 Å². The zero-order valence-electron chi connectivity index (χ0n) is 11.0. The summed E-state index contributed by atoms with van der Waals surface area (Å²) in [5.41, 5.74) is -1.50. The van der Waals surface area contributed by atoms with Gasteiger partial charge in [-0.1, -0.05) is 0 Å². The van der Waals surface area contributed by atoms with Gasteiger partial charge in [0.25, 0.3) is 5.56 Å². The summed E-state index contributed by atoms with van der Waals surface area (Å²) in [5.74, 6) is -2.59. The molecule has 0 bridgehead atoms. The van der Waals surface area contributed by atoms with E-state index in [0.717, 1.165) is 10.6 Å². The van der Waals surface area contributed by atoms with Gasteiger partial charge in [0, 0.05) is 11.8 Å². The molecule has 0 spiro atoms. The van der Waals surface area contributed by atoms with Gasteiger partial charge in [0.2, 0.25) is 5.79 Å². The van der Waals surface area contributed by atoms with Crippen LogP contribution in [0.5, 0.6) is 0 Å². The summed E-state index contributed by atoms with van der Waals surface area (Å²) < 4.78 is 23.0. The Balaban J connectivity index is 2.56. The first kappa shape index (κ1) is 15.8. The molecule has 0 aliphatic carbocycles. The fraction of sp³-hybridized carbons (Fsp3) is 0.636. The fourth-order valence-corrected chi connectivity index (χ4v) is 2.30. The van der Waals surface area contributed by atoms with E-state index in [1.807, 2.05) is 4.98 Å². The summed E-state index contributed by atoms with van der Waals surface area (Å²) in [6.07, 6.45) is -4.71. The van der Waals surface area contributed by atoms with Crippen molar-refractivity contribution in [2.75, 3.05) is 13.5 Å². The lowest BCUT2D eigenvalue weighted by atomic mass is 10.1. The van der Waals surface area contributed by atoms with Crippen LogP contribution in [0.1, 0.15) is 11.9 Å². The van der Waals surface area contributed by atoms with Gasteiger partial charge in [0.15, 0.2) is 13.1 Å². The molecule has 0 unspecified atom stereocenters. The average Bonchev–Trinajstić information content (AvgIpc) is 2.63. The van der Waals surface area contributed by atoms with Crippen LogP contribution in [0.15, 0.2) is 15.7 Å². The van der Waals surface area contributed by atoms with Crippen molar-refractivity contribution in [1.29, 1.82) is 0 Å². The first-order valence-corrected chi connectivity index (χ1v) is 6.04. The molecule has 4 atom stereocenters. The van der Waals surface area contributed by atoms with Gasteiger partial charge in [-0.05, 0) is 6.92 Å². The van der Waals surface area contributed by atoms with Crippen molar-refractivity contribution in [3.05, 3.63) is 32.6 Å². The van der Waals surface area contributed by atoms with E-state index < -0.39 is 48.9 Å². The monoisotopic (exact) mass is 306 g/mol. The first-order valence-electron chi connectivity index (χ1n) is 6.04. The number of halogens is 1. The Kier molecular flexibility index (Phi) is 4.25. The molecule has 1 aliphatic heterocycles. The van der Waals surface area contributed by atoms with Crippen molar-refractivity contribution >= 4 is 0 Å². The number of aliphatic hydroxyl groups is 3. The van der Waals surface area contributed by atoms with Crippen LogP contribution in [0, 0.1) is 6.92 Å².